The van der Waals surface area contributed by atoms with Crippen LogP contribution in [0.15, 0.2) is 48.5 Å². The van der Waals surface area contributed by atoms with Crippen molar-refractivity contribution in [1.29, 1.82) is 0 Å². The highest BCUT2D eigenvalue weighted by atomic mass is 32.2. The third-order valence-electron chi connectivity index (χ3n) is 11.6. The molecule has 3 heterocycles. The molecule has 7 amide bonds. The van der Waals surface area contributed by atoms with E-state index in [1.165, 1.54) is 23.6 Å². The number of anilines is 1. The van der Waals surface area contributed by atoms with Gasteiger partial charge in [-0.05, 0) is 57.7 Å². The molecule has 4 fully saturated rings. The van der Waals surface area contributed by atoms with E-state index in [2.05, 4.69) is 21.3 Å². The molecule has 6 rings (SSSR count). The molecule has 9 atom stereocenters. The summed E-state index contributed by atoms with van der Waals surface area (Å²) in [4.78, 5) is 99.4. The van der Waals surface area contributed by atoms with Gasteiger partial charge in [0.2, 0.25) is 29.5 Å². The van der Waals surface area contributed by atoms with Crippen molar-refractivity contribution in [2.24, 2.45) is 5.92 Å². The molecule has 0 bridgehead atoms. The molecule has 0 radical (unpaired) electrons. The number of benzene rings is 2. The largest absolute Gasteiger partial charge is 0.391 e. The van der Waals surface area contributed by atoms with Crippen molar-refractivity contribution in [1.82, 2.24) is 30.7 Å². The molecule has 2 aromatic rings. The van der Waals surface area contributed by atoms with Crippen molar-refractivity contribution in [3.63, 3.8) is 0 Å². The molecule has 318 valence electrons. The second-order valence-corrected chi connectivity index (χ2v) is 17.7. The molecule has 2 aromatic carbocycles. The van der Waals surface area contributed by atoms with Crippen molar-refractivity contribution in [3.8, 4) is 0 Å². The fourth-order valence-corrected chi connectivity index (χ4v) is 9.48. The topological polar surface area (TPSA) is 218 Å². The Morgan fingerprint density at radius 1 is 0.915 bits per heavy atom. The van der Waals surface area contributed by atoms with Crippen LogP contribution >= 0.6 is 11.8 Å². The molecule has 1 aliphatic carbocycles. The molecule has 6 N–H and O–H groups in total. The summed E-state index contributed by atoms with van der Waals surface area (Å²) in [5.74, 6) is -2.20. The molecule has 1 saturated carbocycles. The molecular weight excluding hydrogens is 779 g/mol. The number of nitrogens with zero attached hydrogens (tertiary/aromatic N) is 3. The predicted molar refractivity (Wildman–Crippen MR) is 220 cm³/mol. The lowest BCUT2D eigenvalue weighted by molar-refractivity contribution is -0.150. The van der Waals surface area contributed by atoms with Gasteiger partial charge in [0.05, 0.1) is 12.2 Å². The van der Waals surface area contributed by atoms with Gasteiger partial charge in [-0.1, -0.05) is 54.4 Å². The first-order valence-electron chi connectivity index (χ1n) is 20.2. The van der Waals surface area contributed by atoms with Gasteiger partial charge in [-0.3, -0.25) is 28.8 Å². The minimum Gasteiger partial charge on any atom is -0.391 e. The highest BCUT2D eigenvalue weighted by Crippen LogP contribution is 2.48. The first-order chi connectivity index (χ1) is 28.0. The lowest BCUT2D eigenvalue weighted by Gasteiger charge is -2.39. The van der Waals surface area contributed by atoms with E-state index in [0.717, 1.165) is 21.6 Å². The first kappa shape index (κ1) is 43.6. The zero-order valence-corrected chi connectivity index (χ0v) is 34.9. The summed E-state index contributed by atoms with van der Waals surface area (Å²) in [5, 5.41) is 32.5. The van der Waals surface area contributed by atoms with E-state index < -0.39 is 77.6 Å². The summed E-state index contributed by atoms with van der Waals surface area (Å²) in [6, 6.07) is 7.86. The number of β-amino-alcohol motifs (C(OH)–C–C–N with tert-alkyl or cyclic N) is 1. The third-order valence-corrected chi connectivity index (χ3v) is 12.6. The monoisotopic (exact) mass is 833 g/mol. The van der Waals surface area contributed by atoms with Gasteiger partial charge in [0.1, 0.15) is 35.7 Å². The second-order valence-electron chi connectivity index (χ2n) is 16.6. The fourth-order valence-electron chi connectivity index (χ4n) is 8.43. The molecule has 4 aliphatic rings. The number of rotatable bonds is 12. The smallest absolute Gasteiger partial charge is 0.319 e. The number of carbonyl (C=O) groups is 7. The number of amides is 7. The van der Waals surface area contributed by atoms with Crippen LogP contribution in [0.1, 0.15) is 56.7 Å². The van der Waals surface area contributed by atoms with E-state index in [-0.39, 0.29) is 49.3 Å². The zero-order chi connectivity index (χ0) is 42.8. The number of likely N-dealkylation sites (tertiary alicyclic amines) is 2. The van der Waals surface area contributed by atoms with Gasteiger partial charge in [0.15, 0.2) is 5.78 Å². The van der Waals surface area contributed by atoms with Crippen LogP contribution in [-0.4, -0.2) is 145 Å². The number of aryl methyl sites for hydroxylation is 2. The predicted octanol–water partition coefficient (Wildman–Crippen LogP) is 0.892. The quantitative estimate of drug-likeness (QED) is 0.178. The van der Waals surface area contributed by atoms with Crippen LogP contribution in [0, 0.1) is 19.8 Å². The molecule has 0 aromatic heterocycles. The number of aliphatic hydroxyl groups excluding tert-OH is 2. The number of Topliss-reactive ketones (excluding diaryl/α,β-unsaturated/α-hetero) is 1. The Morgan fingerprint density at radius 2 is 1.63 bits per heavy atom. The number of carbonyl (C=O) groups excluding carboxylic acids is 7. The Kier molecular flexibility index (Phi) is 13.4. The lowest BCUT2D eigenvalue weighted by atomic mass is 10.0. The first-order valence-corrected chi connectivity index (χ1v) is 21.3. The number of nitrogens with one attached hydrogen (secondary N) is 4. The van der Waals surface area contributed by atoms with Crippen LogP contribution in [-0.2, 0) is 35.2 Å². The normalized spacial score (nSPS) is 25.8. The van der Waals surface area contributed by atoms with E-state index in [4.69, 9.17) is 0 Å². The number of ketones is 1. The van der Waals surface area contributed by atoms with Crippen LogP contribution in [0.5, 0.6) is 0 Å². The van der Waals surface area contributed by atoms with Crippen molar-refractivity contribution < 1.29 is 43.8 Å². The minimum absolute atomic E-state index is 0.0180. The molecule has 1 spiro atoms. The maximum Gasteiger partial charge on any atom is 0.319 e. The van der Waals surface area contributed by atoms with E-state index in [1.807, 2.05) is 51.1 Å². The summed E-state index contributed by atoms with van der Waals surface area (Å²) in [6.07, 6.45) is -1.74. The van der Waals surface area contributed by atoms with Gasteiger partial charge in [-0.15, -0.1) is 0 Å². The highest BCUT2D eigenvalue weighted by Gasteiger charge is 2.63. The average Bonchev–Trinajstić information content (AvgIpc) is 3.47. The van der Waals surface area contributed by atoms with Gasteiger partial charge in [-0.2, -0.15) is 11.8 Å². The summed E-state index contributed by atoms with van der Waals surface area (Å²) in [6.45, 7) is 8.96. The fraction of sp³-hybridized carbons (Fsp3) is 0.548. The molecule has 3 saturated heterocycles. The number of thioether (sulfide) groups is 1. The van der Waals surface area contributed by atoms with Gasteiger partial charge < -0.3 is 46.2 Å². The van der Waals surface area contributed by atoms with Gasteiger partial charge in [0, 0.05) is 56.1 Å². The van der Waals surface area contributed by atoms with E-state index in [9.17, 15) is 43.8 Å². The van der Waals surface area contributed by atoms with Crippen LogP contribution in [0.25, 0.3) is 0 Å². The molecule has 3 aliphatic heterocycles. The minimum atomic E-state index is -1.57. The Balaban J connectivity index is 1.15. The Bertz CT molecular complexity index is 1960. The zero-order valence-electron chi connectivity index (χ0n) is 34.1. The van der Waals surface area contributed by atoms with E-state index in [1.54, 1.807) is 30.0 Å². The molecular formula is C42H55N7O9S. The van der Waals surface area contributed by atoms with Crippen molar-refractivity contribution in [2.75, 3.05) is 36.5 Å². The SMILES string of the molecule is Cc1ccc(NC(=O)N[C@@H](Cc2cccc(C)c2)C(=O)N[C@H](C(=O)N2C[C@H](O)C[C@H]2C(=O)N2CCSC[C@H]2C(=O)N[C@@H](C)C(=O)N2C[C@H](C)C[C@@]23CC3=O)[C@H](C)O)cc1. The number of urea groups is 1. The van der Waals surface area contributed by atoms with Crippen molar-refractivity contribution >= 4 is 58.8 Å². The van der Waals surface area contributed by atoms with Crippen LogP contribution in [0.2, 0.25) is 0 Å². The van der Waals surface area contributed by atoms with Gasteiger partial charge >= 0.3 is 6.03 Å². The standard InChI is InChI=1S/C42H55N7O9S/c1-23-9-11-29(12-10-23)44-41(58)45-31(16-28-8-6-7-24(2)15-28)36(53)46-35(27(5)50)40(57)48-21-30(51)17-32(48)39(56)47-13-14-59-22-33(47)37(54)43-26(4)38(55)49-20-25(3)18-42(49)19-34(42)52/h6-12,15,25-27,30-33,35,50-51H,13-14,16-22H2,1-5H3,(H,43,54)(H,46,53)(H2,44,45,58)/t25-,26+,27+,30-,31+,32+,33+,35+,42+/m1/s1. The number of hydrogen-bond acceptors (Lipinski definition) is 10. The van der Waals surface area contributed by atoms with Crippen molar-refractivity contribution in [2.45, 2.75) is 108 Å². The highest BCUT2D eigenvalue weighted by molar-refractivity contribution is 7.99. The summed E-state index contributed by atoms with van der Waals surface area (Å²) in [5.41, 5.74) is 2.38. The molecule has 59 heavy (non-hydrogen) atoms. The number of hydrogen-bond donors (Lipinski definition) is 6. The van der Waals surface area contributed by atoms with Crippen LogP contribution in [0.4, 0.5) is 10.5 Å². The second kappa shape index (κ2) is 18.1. The van der Waals surface area contributed by atoms with E-state index >= 15 is 0 Å². The van der Waals surface area contributed by atoms with Crippen LogP contribution < -0.4 is 21.3 Å². The lowest BCUT2D eigenvalue weighted by Crippen LogP contribution is -2.62. The summed E-state index contributed by atoms with van der Waals surface area (Å²) < 4.78 is 0. The van der Waals surface area contributed by atoms with Gasteiger partial charge in [-0.25, -0.2) is 4.79 Å². The maximum absolute atomic E-state index is 14.3. The van der Waals surface area contributed by atoms with Crippen molar-refractivity contribution in [3.05, 3.63) is 65.2 Å². The third kappa shape index (κ3) is 9.90. The summed E-state index contributed by atoms with van der Waals surface area (Å²) in [7, 11) is 0. The van der Waals surface area contributed by atoms with Gasteiger partial charge in [0.25, 0.3) is 0 Å². The molecule has 0 unspecified atom stereocenters. The molecule has 17 heteroatoms. The maximum atomic E-state index is 14.3. The Labute approximate surface area is 348 Å². The Morgan fingerprint density at radius 3 is 2.29 bits per heavy atom. The average molecular weight is 834 g/mol. The molecule has 16 nitrogen and oxygen atoms in total. The van der Waals surface area contributed by atoms with Crippen LogP contribution in [0.3, 0.4) is 0 Å². The summed E-state index contributed by atoms with van der Waals surface area (Å²) >= 11 is 1.46. The number of aliphatic hydroxyl groups is 2. The Hall–Kier alpha value is -5.00. The van der Waals surface area contributed by atoms with E-state index in [0.29, 0.717) is 30.8 Å².